The third-order valence-electron chi connectivity index (χ3n) is 24.6. The molecule has 5 aromatic heterocycles. The van der Waals surface area contributed by atoms with Crippen LogP contribution < -0.4 is 21.9 Å². The Bertz CT molecular complexity index is 4100. The van der Waals surface area contributed by atoms with Crippen molar-refractivity contribution in [2.24, 2.45) is 0 Å². The smallest absolute Gasteiger partial charge is 0.399 e. The van der Waals surface area contributed by atoms with Gasteiger partial charge in [0.25, 0.3) is 0 Å². The molecule has 0 amide bonds. The number of benzene rings is 4. The minimum atomic E-state index is -0.610. The number of aromatic nitrogens is 5. The maximum atomic E-state index is 6.77. The van der Waals surface area contributed by atoms with Gasteiger partial charge in [-0.3, -0.25) is 19.9 Å². The topological polar surface area (TPSA) is 138 Å². The first-order valence-electron chi connectivity index (χ1n) is 36.3. The van der Waals surface area contributed by atoms with E-state index >= 15 is 0 Å². The summed E-state index contributed by atoms with van der Waals surface area (Å²) in [5.74, 6) is 0. The van der Waals surface area contributed by atoms with Gasteiger partial charge in [0.05, 0.1) is 67.6 Å². The normalized spacial score (nSPS) is 21.4. The van der Waals surface area contributed by atoms with E-state index in [9.17, 15) is 0 Å². The molecule has 103 heavy (non-hydrogen) atoms. The highest BCUT2D eigenvalue weighted by molar-refractivity contribution is 6.75. The van der Waals surface area contributed by atoms with Crippen LogP contribution in [0.2, 0.25) is 5.15 Å². The van der Waals surface area contributed by atoms with E-state index < -0.39 is 84.1 Å². The predicted octanol–water partition coefficient (Wildman–Crippen LogP) is 16.5. The molecule has 4 fully saturated rings. The summed E-state index contributed by atoms with van der Waals surface area (Å²) >= 11 is 5.43. The van der Waals surface area contributed by atoms with Crippen molar-refractivity contribution in [2.75, 3.05) is 0 Å². The van der Waals surface area contributed by atoms with Gasteiger partial charge in [-0.15, -0.1) is 0 Å². The van der Waals surface area contributed by atoms with E-state index in [1.807, 2.05) is 85.5 Å². The van der Waals surface area contributed by atoms with Crippen LogP contribution in [0.3, 0.4) is 0 Å². The molecule has 6 aliphatic rings. The van der Waals surface area contributed by atoms with Crippen LogP contribution in [0, 0.1) is 0 Å². The predicted molar refractivity (Wildman–Crippen MR) is 419 cm³/mol. The Morgan fingerprint density at radius 2 is 0.408 bits per heavy atom. The Morgan fingerprint density at radius 1 is 0.233 bits per heavy atom. The Labute approximate surface area is 618 Å². The summed E-state index contributed by atoms with van der Waals surface area (Å²) in [5, 5.41) is 0.544. The fourth-order valence-electron chi connectivity index (χ4n) is 15.2. The van der Waals surface area contributed by atoms with Crippen molar-refractivity contribution in [3.8, 4) is 45.0 Å². The minimum absolute atomic E-state index is 0.279. The molecule has 4 aliphatic heterocycles. The average molecular weight is 1400 g/mol. The largest absolute Gasteiger partial charge is 0.494 e. The fraction of sp³-hybridized carbons (Fsp3) is 0.424. The highest BCUT2D eigenvalue weighted by Gasteiger charge is 2.60. The minimum Gasteiger partial charge on any atom is -0.399 e. The third kappa shape index (κ3) is 12.8. The first-order valence-corrected chi connectivity index (χ1v) is 36.7. The number of halogens is 1. The molecule has 0 unspecified atom stereocenters. The molecule has 0 saturated carbocycles. The number of hydrogen-bond acceptors (Lipinski definition) is 13. The molecule has 0 N–H and O–H groups in total. The number of hydrogen-bond donors (Lipinski definition) is 0. The molecule has 532 valence electrons. The zero-order valence-electron chi connectivity index (χ0n) is 64.9. The first-order chi connectivity index (χ1) is 47.9. The number of nitrogens with zero attached hydrogens (tertiary/aromatic N) is 5. The van der Waals surface area contributed by atoms with Gasteiger partial charge in [-0.1, -0.05) is 122 Å². The summed E-state index contributed by atoms with van der Waals surface area (Å²) < 4.78 is 54.2. The van der Waals surface area contributed by atoms with Crippen molar-refractivity contribution in [2.45, 2.75) is 233 Å². The van der Waals surface area contributed by atoms with E-state index in [4.69, 9.17) is 68.8 Å². The van der Waals surface area contributed by atoms with Crippen molar-refractivity contribution in [3.63, 3.8) is 0 Å². The summed E-state index contributed by atoms with van der Waals surface area (Å²) in [7, 11) is -2.44. The molecule has 0 radical (unpaired) electrons. The lowest BCUT2D eigenvalue weighted by Gasteiger charge is -2.45. The van der Waals surface area contributed by atoms with Crippen molar-refractivity contribution in [1.82, 2.24) is 24.9 Å². The van der Waals surface area contributed by atoms with E-state index in [0.717, 1.165) is 66.9 Å². The first kappa shape index (κ1) is 74.1. The van der Waals surface area contributed by atoms with Gasteiger partial charge >= 0.3 is 28.5 Å². The zero-order valence-corrected chi connectivity index (χ0v) is 65.6. The van der Waals surface area contributed by atoms with Gasteiger partial charge in [0.2, 0.25) is 0 Å². The molecule has 0 atom stereocenters. The Morgan fingerprint density at radius 3 is 0.553 bits per heavy atom. The fourth-order valence-corrected chi connectivity index (χ4v) is 15.3. The Balaban J connectivity index is 0.000000171. The van der Waals surface area contributed by atoms with Crippen LogP contribution in [0.4, 0.5) is 0 Å². The Kier molecular flexibility index (Phi) is 18.4. The molecule has 0 spiro atoms. The Hall–Kier alpha value is -7.14. The highest BCUT2D eigenvalue weighted by Crippen LogP contribution is 2.55. The second-order valence-corrected chi connectivity index (χ2v) is 35.2. The molecular weight excluding hydrogens is 1300 g/mol. The van der Waals surface area contributed by atoms with Gasteiger partial charge in [0.1, 0.15) is 5.15 Å². The van der Waals surface area contributed by atoms with Gasteiger partial charge in [-0.25, -0.2) is 4.98 Å². The number of pyridine rings is 5. The van der Waals surface area contributed by atoms with E-state index in [0.29, 0.717) is 5.15 Å². The van der Waals surface area contributed by atoms with E-state index in [2.05, 4.69) is 244 Å². The maximum Gasteiger partial charge on any atom is 0.494 e. The lowest BCUT2D eigenvalue weighted by Crippen LogP contribution is -2.55. The second kappa shape index (κ2) is 25.5. The lowest BCUT2D eigenvalue weighted by molar-refractivity contribution is 0.00578. The van der Waals surface area contributed by atoms with Crippen molar-refractivity contribution < 1.29 is 37.2 Å². The van der Waals surface area contributed by atoms with E-state index in [1.165, 1.54) is 44.5 Å². The summed E-state index contributed by atoms with van der Waals surface area (Å²) in [6.07, 6.45) is 9.10. The molecule has 9 heterocycles. The van der Waals surface area contributed by atoms with Crippen LogP contribution in [0.25, 0.3) is 45.0 Å². The molecule has 2 aliphatic carbocycles. The SMILES string of the molecule is CC1(C)c2cc(-c3ccccn3)c(-c3ccccn3)cc2C(C)(C)c2cc(-c3ccccn3)c(-c3ccccn3)cc21.CC1(C)c2cc(B3OC(C)(C)C(C)(C)O3)c(B3OC(C)(C)C(C)(C)O3)cc2C(C)(C)c2cc(B3OC(C)(C)C(C)(C)O3)c(B3OC(C)(C)C(C)(C)O3)cc21.Clc1ccccn1. The highest BCUT2D eigenvalue weighted by atomic mass is 35.5. The van der Waals surface area contributed by atoms with Gasteiger partial charge in [0.15, 0.2) is 0 Å². The summed E-state index contributed by atoms with van der Waals surface area (Å²) in [6.45, 7) is 52.1. The average Bonchev–Trinajstić information content (AvgIpc) is 1.43. The summed E-state index contributed by atoms with van der Waals surface area (Å²) in [6, 6.07) is 48.4. The van der Waals surface area contributed by atoms with Crippen LogP contribution >= 0.6 is 11.6 Å². The molecule has 9 aromatic rings. The van der Waals surface area contributed by atoms with Crippen LogP contribution in [0.5, 0.6) is 0 Å². The van der Waals surface area contributed by atoms with Crippen LogP contribution in [-0.4, -0.2) is 98.2 Å². The third-order valence-corrected chi connectivity index (χ3v) is 24.8. The van der Waals surface area contributed by atoms with Gasteiger partial charge < -0.3 is 37.2 Å². The van der Waals surface area contributed by atoms with E-state index in [-0.39, 0.29) is 10.8 Å². The van der Waals surface area contributed by atoms with Gasteiger partial charge in [-0.05, 0) is 262 Å². The van der Waals surface area contributed by atoms with Crippen molar-refractivity contribution in [1.29, 1.82) is 0 Å². The maximum absolute atomic E-state index is 6.77. The van der Waals surface area contributed by atoms with Crippen LogP contribution in [0.15, 0.2) is 171 Å². The van der Waals surface area contributed by atoms with E-state index in [1.54, 1.807) is 12.3 Å². The molecule has 15 rings (SSSR count). The van der Waals surface area contributed by atoms with Gasteiger partial charge in [0, 0.05) is 74.9 Å². The van der Waals surface area contributed by atoms with Crippen LogP contribution in [-0.2, 0) is 58.9 Å². The van der Waals surface area contributed by atoms with Crippen molar-refractivity contribution >= 4 is 61.9 Å². The standard InChI is InChI=1S/C42H64B4O8.C38H32N4.C5H4ClN/c1-33(2)25-21-29(43-47-35(5,6)36(7,8)48-43)31(45-51-39(13,14)40(15,16)52-45)23-27(25)34(3,4)28-24-32(46-53-41(17,18)42(19,20)54-46)30(22-26(28)33)44-49-37(9,10)38(11,12)50-44;1-37(2)29-21-25(33-13-5-9-17-39-33)27(35-15-7-11-19-41-35)23-31(29)38(3,4)32-24-28(36-16-8-12-20-42-36)26(22-30(32)37)34-14-6-10-18-40-34;6-5-3-1-2-4-7-5/h21-24H,1-20H3;5-24H,1-4H3;1-4H. The lowest BCUT2D eigenvalue weighted by atomic mass is 9.53. The molecule has 18 heteroatoms. The second-order valence-electron chi connectivity index (χ2n) is 34.8. The monoisotopic (exact) mass is 1400 g/mol. The number of rotatable bonds is 8. The number of fused-ring (bicyclic) bond motifs is 4. The summed E-state index contributed by atoms with van der Waals surface area (Å²) in [4.78, 5) is 22.8. The van der Waals surface area contributed by atoms with Crippen LogP contribution in [0.1, 0.15) is 211 Å². The summed E-state index contributed by atoms with van der Waals surface area (Å²) in [5.41, 5.74) is 16.2. The van der Waals surface area contributed by atoms with Gasteiger partial charge in [-0.2, -0.15) is 0 Å². The molecular formula is C85H100B4ClN5O8. The zero-order chi connectivity index (χ0) is 74.4. The molecule has 13 nitrogen and oxygen atoms in total. The molecule has 0 bridgehead atoms. The molecule has 4 aromatic carbocycles. The molecule has 4 saturated heterocycles. The van der Waals surface area contributed by atoms with Crippen molar-refractivity contribution in [3.05, 3.63) is 220 Å². The quantitative estimate of drug-likeness (QED) is 0.105.